The molecule has 0 aromatic rings. The Balaban J connectivity index is 2.25. The molecule has 11 heavy (non-hydrogen) atoms. The average molecular weight is 157 g/mol. The van der Waals surface area contributed by atoms with Gasteiger partial charge in [-0.05, 0) is 26.2 Å². The van der Waals surface area contributed by atoms with Crippen molar-refractivity contribution >= 4 is 0 Å². The van der Waals surface area contributed by atoms with Gasteiger partial charge in [0.15, 0.2) is 0 Å². The van der Waals surface area contributed by atoms with Crippen molar-refractivity contribution in [3.05, 3.63) is 0 Å². The second-order valence-electron chi connectivity index (χ2n) is 3.61. The number of rotatable bonds is 3. The topological polar surface area (TPSA) is 32.3 Å². The molecule has 1 heterocycles. The lowest BCUT2D eigenvalue weighted by molar-refractivity contribution is 0.124. The molecule has 1 fully saturated rings. The zero-order valence-electron chi connectivity index (χ0n) is 7.51. The second kappa shape index (κ2) is 4.07. The maximum absolute atomic E-state index is 9.60. The number of nitrogens with one attached hydrogen (secondary N) is 1. The van der Waals surface area contributed by atoms with E-state index in [4.69, 9.17) is 0 Å². The minimum Gasteiger partial charge on any atom is -0.392 e. The molecule has 1 rings (SSSR count). The van der Waals surface area contributed by atoms with Gasteiger partial charge in [0, 0.05) is 12.1 Å². The Morgan fingerprint density at radius 2 is 2.27 bits per heavy atom. The summed E-state index contributed by atoms with van der Waals surface area (Å²) in [6, 6.07) is 0.969. The van der Waals surface area contributed by atoms with Gasteiger partial charge in [-0.1, -0.05) is 13.3 Å². The summed E-state index contributed by atoms with van der Waals surface area (Å²) < 4.78 is 0. The predicted molar refractivity (Wildman–Crippen MR) is 46.5 cm³/mol. The summed E-state index contributed by atoms with van der Waals surface area (Å²) in [5, 5.41) is 13.0. The number of hydrogen-bond donors (Lipinski definition) is 2. The van der Waals surface area contributed by atoms with Crippen molar-refractivity contribution in [2.75, 3.05) is 0 Å². The number of aliphatic hydroxyl groups excluding tert-OH is 1. The van der Waals surface area contributed by atoms with Gasteiger partial charge in [-0.2, -0.15) is 0 Å². The quantitative estimate of drug-likeness (QED) is 0.647. The van der Waals surface area contributed by atoms with Crippen LogP contribution in [-0.4, -0.2) is 23.3 Å². The fraction of sp³-hybridized carbons (Fsp3) is 1.00. The zero-order chi connectivity index (χ0) is 8.27. The van der Waals surface area contributed by atoms with Crippen LogP contribution in [0.4, 0.5) is 0 Å². The van der Waals surface area contributed by atoms with Crippen LogP contribution in [0.25, 0.3) is 0 Å². The van der Waals surface area contributed by atoms with E-state index in [1.165, 1.54) is 6.42 Å². The van der Waals surface area contributed by atoms with Crippen molar-refractivity contribution in [3.8, 4) is 0 Å². The Kier molecular flexibility index (Phi) is 3.34. The van der Waals surface area contributed by atoms with E-state index in [2.05, 4.69) is 19.2 Å². The predicted octanol–water partition coefficient (Wildman–Crippen LogP) is 1.29. The first-order chi connectivity index (χ1) is 5.24. The van der Waals surface area contributed by atoms with Gasteiger partial charge in [0.1, 0.15) is 0 Å². The minimum atomic E-state index is -0.120. The molecule has 2 heteroatoms. The van der Waals surface area contributed by atoms with Gasteiger partial charge in [0.2, 0.25) is 0 Å². The first-order valence-corrected chi connectivity index (χ1v) is 4.68. The SMILES string of the molecule is CCCC(O)C1CCC(C)N1. The van der Waals surface area contributed by atoms with Crippen LogP contribution in [0, 0.1) is 0 Å². The molecular formula is C9H19NO. The van der Waals surface area contributed by atoms with Gasteiger partial charge >= 0.3 is 0 Å². The third-order valence-corrected chi connectivity index (χ3v) is 2.46. The molecule has 1 aliphatic rings. The van der Waals surface area contributed by atoms with Crippen LogP contribution in [0.1, 0.15) is 39.5 Å². The third-order valence-electron chi connectivity index (χ3n) is 2.46. The molecule has 0 radical (unpaired) electrons. The molecule has 66 valence electrons. The molecule has 0 amide bonds. The highest BCUT2D eigenvalue weighted by molar-refractivity contribution is 4.85. The van der Waals surface area contributed by atoms with Crippen molar-refractivity contribution < 1.29 is 5.11 Å². The van der Waals surface area contributed by atoms with Crippen LogP contribution in [0.2, 0.25) is 0 Å². The summed E-state index contributed by atoms with van der Waals surface area (Å²) >= 11 is 0. The number of hydrogen-bond acceptors (Lipinski definition) is 2. The van der Waals surface area contributed by atoms with E-state index in [0.717, 1.165) is 19.3 Å². The van der Waals surface area contributed by atoms with E-state index >= 15 is 0 Å². The molecule has 3 atom stereocenters. The molecule has 0 spiro atoms. The van der Waals surface area contributed by atoms with Gasteiger partial charge in [0.05, 0.1) is 6.10 Å². The van der Waals surface area contributed by atoms with E-state index < -0.39 is 0 Å². The van der Waals surface area contributed by atoms with E-state index in [9.17, 15) is 5.11 Å². The van der Waals surface area contributed by atoms with E-state index in [1.54, 1.807) is 0 Å². The smallest absolute Gasteiger partial charge is 0.0693 e. The first kappa shape index (κ1) is 9.01. The van der Waals surface area contributed by atoms with Gasteiger partial charge in [0.25, 0.3) is 0 Å². The normalized spacial score (nSPS) is 34.1. The van der Waals surface area contributed by atoms with Crippen molar-refractivity contribution in [1.29, 1.82) is 0 Å². The molecule has 2 nitrogen and oxygen atoms in total. The second-order valence-corrected chi connectivity index (χ2v) is 3.61. The Labute approximate surface area is 69.0 Å². The molecule has 1 saturated heterocycles. The zero-order valence-corrected chi connectivity index (χ0v) is 7.51. The van der Waals surface area contributed by atoms with Crippen molar-refractivity contribution in [2.24, 2.45) is 0 Å². The molecule has 3 unspecified atom stereocenters. The molecule has 0 aromatic heterocycles. The maximum Gasteiger partial charge on any atom is 0.0693 e. The van der Waals surface area contributed by atoms with E-state index in [-0.39, 0.29) is 6.10 Å². The van der Waals surface area contributed by atoms with Crippen LogP contribution >= 0.6 is 0 Å². The number of aliphatic hydroxyl groups is 1. The highest BCUT2D eigenvalue weighted by atomic mass is 16.3. The van der Waals surface area contributed by atoms with E-state index in [0.29, 0.717) is 12.1 Å². The Bertz CT molecular complexity index is 116. The fourth-order valence-electron chi connectivity index (χ4n) is 1.76. The molecule has 2 N–H and O–H groups in total. The summed E-state index contributed by atoms with van der Waals surface area (Å²) in [6.45, 7) is 4.29. The van der Waals surface area contributed by atoms with E-state index in [1.807, 2.05) is 0 Å². The van der Waals surface area contributed by atoms with Crippen LogP contribution in [-0.2, 0) is 0 Å². The van der Waals surface area contributed by atoms with Crippen molar-refractivity contribution in [1.82, 2.24) is 5.32 Å². The van der Waals surface area contributed by atoms with Gasteiger partial charge in [-0.3, -0.25) is 0 Å². The third kappa shape index (κ3) is 2.46. The summed E-state index contributed by atoms with van der Waals surface area (Å²) in [6.07, 6.45) is 4.25. The highest BCUT2D eigenvalue weighted by Gasteiger charge is 2.25. The molecular weight excluding hydrogens is 138 g/mol. The summed E-state index contributed by atoms with van der Waals surface area (Å²) in [5.74, 6) is 0. The Hall–Kier alpha value is -0.0800. The van der Waals surface area contributed by atoms with Crippen molar-refractivity contribution in [2.45, 2.75) is 57.7 Å². The Morgan fingerprint density at radius 3 is 2.73 bits per heavy atom. The fourth-order valence-corrected chi connectivity index (χ4v) is 1.76. The lowest BCUT2D eigenvalue weighted by Gasteiger charge is -2.18. The molecule has 0 bridgehead atoms. The molecule has 1 aliphatic heterocycles. The van der Waals surface area contributed by atoms with Gasteiger partial charge < -0.3 is 10.4 Å². The lowest BCUT2D eigenvalue weighted by atomic mass is 10.1. The summed E-state index contributed by atoms with van der Waals surface area (Å²) in [5.41, 5.74) is 0. The highest BCUT2D eigenvalue weighted by Crippen LogP contribution is 2.16. The van der Waals surface area contributed by atoms with Crippen LogP contribution in [0.3, 0.4) is 0 Å². The van der Waals surface area contributed by atoms with Crippen LogP contribution in [0.15, 0.2) is 0 Å². The maximum atomic E-state index is 9.60. The standard InChI is InChI=1S/C9H19NO/c1-3-4-9(11)8-6-5-7(2)10-8/h7-11H,3-6H2,1-2H3. The Morgan fingerprint density at radius 1 is 1.55 bits per heavy atom. The largest absolute Gasteiger partial charge is 0.392 e. The summed E-state index contributed by atoms with van der Waals surface area (Å²) in [7, 11) is 0. The monoisotopic (exact) mass is 157 g/mol. The first-order valence-electron chi connectivity index (χ1n) is 4.68. The van der Waals surface area contributed by atoms with Gasteiger partial charge in [-0.15, -0.1) is 0 Å². The molecule has 0 aliphatic carbocycles. The van der Waals surface area contributed by atoms with Crippen LogP contribution in [0.5, 0.6) is 0 Å². The van der Waals surface area contributed by atoms with Crippen LogP contribution < -0.4 is 5.32 Å². The van der Waals surface area contributed by atoms with Crippen molar-refractivity contribution in [3.63, 3.8) is 0 Å². The molecule has 0 saturated carbocycles. The lowest BCUT2D eigenvalue weighted by Crippen LogP contribution is -2.37. The molecule has 0 aromatic carbocycles. The minimum absolute atomic E-state index is 0.120. The van der Waals surface area contributed by atoms with Gasteiger partial charge in [-0.25, -0.2) is 0 Å². The average Bonchev–Trinajstić information content (AvgIpc) is 2.36. The summed E-state index contributed by atoms with van der Waals surface area (Å²) in [4.78, 5) is 0.